The van der Waals surface area contributed by atoms with Crippen molar-refractivity contribution in [2.45, 2.75) is 47.5 Å². The fourth-order valence-corrected chi connectivity index (χ4v) is 5.48. The number of aryl methyl sites for hydroxylation is 2. The van der Waals surface area contributed by atoms with Gasteiger partial charge in [0, 0.05) is 16.3 Å². The summed E-state index contributed by atoms with van der Waals surface area (Å²) in [6.07, 6.45) is 4.57. The van der Waals surface area contributed by atoms with E-state index < -0.39 is 0 Å². The zero-order valence-electron chi connectivity index (χ0n) is 20.8. The summed E-state index contributed by atoms with van der Waals surface area (Å²) >= 11 is 0. The number of nitrogens with zero attached hydrogens (tertiary/aromatic N) is 2. The molecule has 0 fully saturated rings. The molecule has 2 nitrogen and oxygen atoms in total. The monoisotopic (exact) mass is 435 g/mol. The fourth-order valence-electron chi connectivity index (χ4n) is 5.48. The molecule has 0 aliphatic rings. The van der Waals surface area contributed by atoms with Gasteiger partial charge in [0.05, 0.1) is 12.4 Å². The van der Waals surface area contributed by atoms with E-state index in [1.807, 2.05) is 0 Å². The Morgan fingerprint density at radius 3 is 2.09 bits per heavy atom. The van der Waals surface area contributed by atoms with E-state index in [1.165, 1.54) is 55.3 Å². The molecule has 3 aromatic carbocycles. The van der Waals surface area contributed by atoms with Crippen LogP contribution in [0.4, 0.5) is 0 Å². The molecule has 0 saturated carbocycles. The average Bonchev–Trinajstić information content (AvgIpc) is 3.10. The summed E-state index contributed by atoms with van der Waals surface area (Å²) < 4.78 is 4.80. The number of para-hydroxylation sites is 1. The van der Waals surface area contributed by atoms with Gasteiger partial charge in [-0.1, -0.05) is 70.2 Å². The highest BCUT2D eigenvalue weighted by atomic mass is 15.1. The molecule has 5 rings (SSSR count). The SMILES string of the molecule is Cc1cccc2c3ccccc3[n+]3cc(-c4cc(CC(C)C)cc(CC(C)C)c4)n(C)c3c12. The van der Waals surface area contributed by atoms with Gasteiger partial charge in [-0.25, -0.2) is 4.57 Å². The third-order valence-electron chi connectivity index (χ3n) is 6.75. The number of aromatic nitrogens is 2. The molecule has 0 radical (unpaired) electrons. The van der Waals surface area contributed by atoms with E-state index in [4.69, 9.17) is 0 Å². The quantitative estimate of drug-likeness (QED) is 0.200. The molecule has 2 heterocycles. The van der Waals surface area contributed by atoms with Gasteiger partial charge in [0.2, 0.25) is 0 Å². The minimum Gasteiger partial charge on any atom is -0.225 e. The molecular weight excluding hydrogens is 400 g/mol. The Kier molecular flexibility index (Phi) is 5.48. The number of rotatable bonds is 5. The van der Waals surface area contributed by atoms with Gasteiger partial charge in [-0.2, -0.15) is 4.40 Å². The molecular formula is C31H35N2+. The Morgan fingerprint density at radius 2 is 1.42 bits per heavy atom. The predicted octanol–water partition coefficient (Wildman–Crippen LogP) is 7.44. The van der Waals surface area contributed by atoms with Crippen LogP contribution in [0.1, 0.15) is 44.4 Å². The summed E-state index contributed by atoms with van der Waals surface area (Å²) in [7, 11) is 2.22. The normalized spacial score (nSPS) is 12.1. The standard InChI is InChI=1S/C31H35N2/c1-20(2)14-23-16-24(15-21(3)4)18-25(17-23)29-19-33-28-13-8-7-11-26(28)27-12-9-10-22(5)30(27)31(33)32(29)6/h7-13,16-21H,14-15H2,1-6H3/q+1. The van der Waals surface area contributed by atoms with Crippen molar-refractivity contribution in [1.82, 2.24) is 4.57 Å². The molecule has 0 bridgehead atoms. The first-order chi connectivity index (χ1) is 15.8. The Labute approximate surface area is 197 Å². The molecule has 0 atom stereocenters. The fraction of sp³-hybridized carbons (Fsp3) is 0.323. The van der Waals surface area contributed by atoms with Crippen LogP contribution in [0.5, 0.6) is 0 Å². The lowest BCUT2D eigenvalue weighted by molar-refractivity contribution is -0.478. The maximum absolute atomic E-state index is 2.42. The molecule has 0 aliphatic carbocycles. The summed E-state index contributed by atoms with van der Waals surface area (Å²) in [5.41, 5.74) is 9.31. The molecule has 5 aromatic rings. The van der Waals surface area contributed by atoms with Gasteiger partial charge >= 0.3 is 0 Å². The molecule has 0 N–H and O–H groups in total. The van der Waals surface area contributed by atoms with Crippen molar-refractivity contribution in [3.63, 3.8) is 0 Å². The number of hydrogen-bond donors (Lipinski definition) is 0. The van der Waals surface area contributed by atoms with Crippen LogP contribution in [0.15, 0.2) is 66.9 Å². The van der Waals surface area contributed by atoms with Crippen LogP contribution in [-0.2, 0) is 19.9 Å². The molecule has 0 aliphatic heterocycles. The number of hydrogen-bond acceptors (Lipinski definition) is 0. The zero-order valence-corrected chi connectivity index (χ0v) is 20.8. The third kappa shape index (κ3) is 3.82. The first kappa shape index (κ1) is 21.7. The van der Waals surface area contributed by atoms with E-state index in [9.17, 15) is 0 Å². The molecule has 0 spiro atoms. The summed E-state index contributed by atoms with van der Waals surface area (Å²) in [5.74, 6) is 1.29. The predicted molar refractivity (Wildman–Crippen MR) is 141 cm³/mol. The largest absolute Gasteiger partial charge is 0.295 e. The maximum atomic E-state index is 2.42. The van der Waals surface area contributed by atoms with E-state index in [0.717, 1.165) is 12.8 Å². The third-order valence-corrected chi connectivity index (χ3v) is 6.75. The number of fused-ring (bicyclic) bond motifs is 6. The Balaban J connectivity index is 1.84. The van der Waals surface area contributed by atoms with Crippen molar-refractivity contribution < 1.29 is 4.40 Å². The van der Waals surface area contributed by atoms with Gasteiger partial charge in [0.25, 0.3) is 5.65 Å². The smallest absolute Gasteiger partial charge is 0.225 e. The van der Waals surface area contributed by atoms with Gasteiger partial charge in [0.1, 0.15) is 11.7 Å². The molecule has 0 saturated heterocycles. The Bertz CT molecular complexity index is 1460. The van der Waals surface area contributed by atoms with Crippen molar-refractivity contribution in [3.8, 4) is 11.3 Å². The lowest BCUT2D eigenvalue weighted by Crippen LogP contribution is -2.21. The van der Waals surface area contributed by atoms with Gasteiger partial charge in [-0.3, -0.25) is 0 Å². The number of pyridine rings is 1. The number of imidazole rings is 1. The summed E-state index contributed by atoms with van der Waals surface area (Å²) in [6, 6.07) is 22.7. The first-order valence-corrected chi connectivity index (χ1v) is 12.3. The van der Waals surface area contributed by atoms with Crippen molar-refractivity contribution in [1.29, 1.82) is 0 Å². The Hall–Kier alpha value is -3.13. The van der Waals surface area contributed by atoms with Crippen molar-refractivity contribution >= 4 is 27.3 Å². The Morgan fingerprint density at radius 1 is 0.788 bits per heavy atom. The summed E-state index contributed by atoms with van der Waals surface area (Å²) in [4.78, 5) is 0. The van der Waals surface area contributed by atoms with Crippen LogP contribution in [0.25, 0.3) is 38.6 Å². The van der Waals surface area contributed by atoms with E-state index in [2.05, 4.69) is 117 Å². The van der Waals surface area contributed by atoms with Crippen LogP contribution in [0, 0.1) is 18.8 Å². The van der Waals surface area contributed by atoms with Gasteiger partial charge in [-0.05, 0) is 66.5 Å². The van der Waals surface area contributed by atoms with Crippen LogP contribution in [0.2, 0.25) is 0 Å². The highest BCUT2D eigenvalue weighted by Gasteiger charge is 2.24. The van der Waals surface area contributed by atoms with Crippen LogP contribution >= 0.6 is 0 Å². The van der Waals surface area contributed by atoms with Crippen molar-refractivity contribution in [2.75, 3.05) is 0 Å². The van der Waals surface area contributed by atoms with Gasteiger partial charge < -0.3 is 0 Å². The topological polar surface area (TPSA) is 9.03 Å². The average molecular weight is 436 g/mol. The molecule has 0 amide bonds. The van der Waals surface area contributed by atoms with Gasteiger partial charge in [-0.15, -0.1) is 0 Å². The van der Waals surface area contributed by atoms with E-state index in [-0.39, 0.29) is 0 Å². The van der Waals surface area contributed by atoms with Crippen LogP contribution in [-0.4, -0.2) is 4.57 Å². The van der Waals surface area contributed by atoms with Crippen molar-refractivity contribution in [2.24, 2.45) is 18.9 Å². The van der Waals surface area contributed by atoms with E-state index in [1.54, 1.807) is 0 Å². The zero-order chi connectivity index (χ0) is 23.3. The molecule has 2 heteroatoms. The summed E-state index contributed by atoms with van der Waals surface area (Å²) in [5, 5.41) is 3.97. The van der Waals surface area contributed by atoms with Crippen molar-refractivity contribution in [3.05, 3.63) is 83.6 Å². The maximum Gasteiger partial charge on any atom is 0.295 e. The minimum atomic E-state index is 0.643. The van der Waals surface area contributed by atoms with E-state index >= 15 is 0 Å². The minimum absolute atomic E-state index is 0.643. The van der Waals surface area contributed by atoms with Gasteiger partial charge in [0.15, 0.2) is 5.69 Å². The summed E-state index contributed by atoms with van der Waals surface area (Å²) in [6.45, 7) is 11.5. The molecule has 2 aromatic heterocycles. The number of benzene rings is 3. The second-order valence-electron chi connectivity index (χ2n) is 10.5. The lowest BCUT2D eigenvalue weighted by Gasteiger charge is -2.12. The van der Waals surface area contributed by atoms with Crippen LogP contribution in [0.3, 0.4) is 0 Å². The second kappa shape index (κ2) is 8.33. The van der Waals surface area contributed by atoms with E-state index in [0.29, 0.717) is 11.8 Å². The molecule has 33 heavy (non-hydrogen) atoms. The first-order valence-electron chi connectivity index (χ1n) is 12.3. The van der Waals surface area contributed by atoms with Crippen LogP contribution < -0.4 is 4.40 Å². The lowest BCUT2D eigenvalue weighted by atomic mass is 9.94. The molecule has 0 unspecified atom stereocenters. The second-order valence-corrected chi connectivity index (χ2v) is 10.5. The highest BCUT2D eigenvalue weighted by molar-refractivity contribution is 6.10. The highest BCUT2D eigenvalue weighted by Crippen LogP contribution is 2.32. The molecule has 168 valence electrons.